The summed E-state index contributed by atoms with van der Waals surface area (Å²) < 4.78 is 0. The summed E-state index contributed by atoms with van der Waals surface area (Å²) in [4.78, 5) is 0. The molecule has 1 aliphatic rings. The Morgan fingerprint density at radius 2 is 1.95 bits per heavy atom. The first-order chi connectivity index (χ1) is 9.13. The van der Waals surface area contributed by atoms with Crippen LogP contribution in [0.25, 0.3) is 0 Å². The van der Waals surface area contributed by atoms with Crippen molar-refractivity contribution in [2.75, 3.05) is 5.32 Å². The molecular formula is C17H18ClN. The summed E-state index contributed by atoms with van der Waals surface area (Å²) in [7, 11) is 0. The van der Waals surface area contributed by atoms with E-state index in [0.717, 1.165) is 29.1 Å². The van der Waals surface area contributed by atoms with E-state index in [-0.39, 0.29) is 0 Å². The SMILES string of the molecule is Cc1ccc2c(c1)C(Nc1ccc(C)c(Cl)c1)CC2. The van der Waals surface area contributed by atoms with Gasteiger partial charge in [-0.1, -0.05) is 41.4 Å². The summed E-state index contributed by atoms with van der Waals surface area (Å²) in [6, 6.07) is 13.4. The van der Waals surface area contributed by atoms with Crippen molar-refractivity contribution in [3.63, 3.8) is 0 Å². The first kappa shape index (κ1) is 12.6. The minimum atomic E-state index is 0.411. The van der Waals surface area contributed by atoms with Gasteiger partial charge in [-0.2, -0.15) is 0 Å². The van der Waals surface area contributed by atoms with Gasteiger partial charge >= 0.3 is 0 Å². The lowest BCUT2D eigenvalue weighted by molar-refractivity contribution is 0.762. The molecule has 0 fully saturated rings. The molecule has 0 aliphatic heterocycles. The molecule has 2 aromatic rings. The number of hydrogen-bond donors (Lipinski definition) is 1. The molecule has 0 heterocycles. The van der Waals surface area contributed by atoms with Crippen LogP contribution in [0.4, 0.5) is 5.69 Å². The van der Waals surface area contributed by atoms with E-state index in [1.54, 1.807) is 0 Å². The maximum atomic E-state index is 6.18. The number of anilines is 1. The zero-order chi connectivity index (χ0) is 13.4. The van der Waals surface area contributed by atoms with Crippen LogP contribution in [0.2, 0.25) is 5.02 Å². The second-order valence-corrected chi connectivity index (χ2v) is 5.81. The molecule has 2 heteroatoms. The lowest BCUT2D eigenvalue weighted by Crippen LogP contribution is -2.07. The van der Waals surface area contributed by atoms with Gasteiger partial charge in [-0.05, 0) is 55.5 Å². The van der Waals surface area contributed by atoms with Crippen LogP contribution in [-0.4, -0.2) is 0 Å². The molecule has 0 aromatic heterocycles. The van der Waals surface area contributed by atoms with Gasteiger partial charge in [0.25, 0.3) is 0 Å². The number of fused-ring (bicyclic) bond motifs is 1. The molecular weight excluding hydrogens is 254 g/mol. The van der Waals surface area contributed by atoms with Crippen molar-refractivity contribution in [1.82, 2.24) is 0 Å². The number of benzene rings is 2. The number of hydrogen-bond acceptors (Lipinski definition) is 1. The highest BCUT2D eigenvalue weighted by molar-refractivity contribution is 6.31. The molecule has 19 heavy (non-hydrogen) atoms. The fourth-order valence-electron chi connectivity index (χ4n) is 2.76. The average Bonchev–Trinajstić information content (AvgIpc) is 2.77. The molecule has 0 bridgehead atoms. The third kappa shape index (κ3) is 2.48. The predicted molar refractivity (Wildman–Crippen MR) is 82.1 cm³/mol. The van der Waals surface area contributed by atoms with E-state index in [4.69, 9.17) is 11.6 Å². The van der Waals surface area contributed by atoms with E-state index in [2.05, 4.69) is 42.6 Å². The predicted octanol–water partition coefficient (Wildman–Crippen LogP) is 5.06. The summed E-state index contributed by atoms with van der Waals surface area (Å²) in [6.45, 7) is 4.18. The first-order valence-corrected chi connectivity index (χ1v) is 7.13. The summed E-state index contributed by atoms with van der Waals surface area (Å²) >= 11 is 6.18. The van der Waals surface area contributed by atoms with E-state index in [1.807, 2.05) is 13.0 Å². The molecule has 98 valence electrons. The molecule has 3 rings (SSSR count). The van der Waals surface area contributed by atoms with E-state index >= 15 is 0 Å². The van der Waals surface area contributed by atoms with Crippen molar-refractivity contribution in [3.8, 4) is 0 Å². The minimum Gasteiger partial charge on any atom is -0.378 e. The second-order valence-electron chi connectivity index (χ2n) is 5.40. The van der Waals surface area contributed by atoms with Gasteiger partial charge in [0, 0.05) is 10.7 Å². The normalized spacial score (nSPS) is 17.3. The summed E-state index contributed by atoms with van der Waals surface area (Å²) in [5.41, 5.74) is 6.47. The maximum absolute atomic E-state index is 6.18. The largest absolute Gasteiger partial charge is 0.378 e. The van der Waals surface area contributed by atoms with Gasteiger partial charge in [0.05, 0.1) is 6.04 Å². The van der Waals surface area contributed by atoms with E-state index < -0.39 is 0 Å². The van der Waals surface area contributed by atoms with Gasteiger partial charge in [-0.25, -0.2) is 0 Å². The van der Waals surface area contributed by atoms with Gasteiger partial charge in [-0.15, -0.1) is 0 Å². The van der Waals surface area contributed by atoms with Crippen LogP contribution >= 0.6 is 11.6 Å². The average molecular weight is 272 g/mol. The Balaban J connectivity index is 1.86. The maximum Gasteiger partial charge on any atom is 0.0519 e. The highest BCUT2D eigenvalue weighted by Gasteiger charge is 2.22. The Hall–Kier alpha value is -1.47. The van der Waals surface area contributed by atoms with E-state index in [1.165, 1.54) is 16.7 Å². The third-order valence-electron chi connectivity index (χ3n) is 3.89. The number of rotatable bonds is 2. The Labute approximate surface area is 119 Å². The van der Waals surface area contributed by atoms with E-state index in [9.17, 15) is 0 Å². The van der Waals surface area contributed by atoms with Crippen LogP contribution in [0.5, 0.6) is 0 Å². The molecule has 0 spiro atoms. The highest BCUT2D eigenvalue weighted by Crippen LogP contribution is 2.35. The zero-order valence-corrected chi connectivity index (χ0v) is 12.1. The third-order valence-corrected chi connectivity index (χ3v) is 4.30. The van der Waals surface area contributed by atoms with Crippen molar-refractivity contribution in [2.45, 2.75) is 32.7 Å². The van der Waals surface area contributed by atoms with Crippen LogP contribution in [-0.2, 0) is 6.42 Å². The summed E-state index contributed by atoms with van der Waals surface area (Å²) in [5, 5.41) is 4.43. The molecule has 0 saturated carbocycles. The Morgan fingerprint density at radius 3 is 2.74 bits per heavy atom. The minimum absolute atomic E-state index is 0.411. The second kappa shape index (κ2) is 4.90. The van der Waals surface area contributed by atoms with Crippen molar-refractivity contribution >= 4 is 17.3 Å². The Morgan fingerprint density at radius 1 is 1.11 bits per heavy atom. The fourth-order valence-corrected chi connectivity index (χ4v) is 2.94. The van der Waals surface area contributed by atoms with Gasteiger partial charge in [0.1, 0.15) is 0 Å². The van der Waals surface area contributed by atoms with Crippen molar-refractivity contribution < 1.29 is 0 Å². The lowest BCUT2D eigenvalue weighted by atomic mass is 10.0. The Kier molecular flexibility index (Phi) is 3.24. The van der Waals surface area contributed by atoms with Crippen LogP contribution in [0.3, 0.4) is 0 Å². The number of aryl methyl sites for hydroxylation is 3. The highest BCUT2D eigenvalue weighted by atomic mass is 35.5. The zero-order valence-electron chi connectivity index (χ0n) is 11.3. The fraction of sp³-hybridized carbons (Fsp3) is 0.294. The van der Waals surface area contributed by atoms with Gasteiger partial charge < -0.3 is 5.32 Å². The monoisotopic (exact) mass is 271 g/mol. The molecule has 1 nitrogen and oxygen atoms in total. The van der Waals surface area contributed by atoms with Gasteiger partial charge in [0.2, 0.25) is 0 Å². The molecule has 1 N–H and O–H groups in total. The number of halogens is 1. The smallest absolute Gasteiger partial charge is 0.0519 e. The van der Waals surface area contributed by atoms with Crippen molar-refractivity contribution in [2.24, 2.45) is 0 Å². The quantitative estimate of drug-likeness (QED) is 0.805. The number of nitrogens with one attached hydrogen (secondary N) is 1. The molecule has 1 unspecified atom stereocenters. The van der Waals surface area contributed by atoms with Gasteiger partial charge in [0.15, 0.2) is 0 Å². The molecule has 1 aliphatic carbocycles. The Bertz CT molecular complexity index is 619. The van der Waals surface area contributed by atoms with Crippen LogP contribution in [0.15, 0.2) is 36.4 Å². The molecule has 2 aromatic carbocycles. The van der Waals surface area contributed by atoms with Gasteiger partial charge in [-0.3, -0.25) is 0 Å². The van der Waals surface area contributed by atoms with Crippen LogP contribution in [0.1, 0.15) is 34.7 Å². The van der Waals surface area contributed by atoms with E-state index in [0.29, 0.717) is 6.04 Å². The molecule has 1 atom stereocenters. The molecule has 0 saturated heterocycles. The van der Waals surface area contributed by atoms with Crippen LogP contribution < -0.4 is 5.32 Å². The lowest BCUT2D eigenvalue weighted by Gasteiger charge is -2.16. The summed E-state index contributed by atoms with van der Waals surface area (Å²) in [5.74, 6) is 0. The molecule has 0 radical (unpaired) electrons. The van der Waals surface area contributed by atoms with Crippen LogP contribution in [0, 0.1) is 13.8 Å². The standard InChI is InChI=1S/C17H18ClN/c1-11-3-5-13-6-8-17(15(13)9-11)19-14-7-4-12(2)16(18)10-14/h3-5,7,9-10,17,19H,6,8H2,1-2H3. The first-order valence-electron chi connectivity index (χ1n) is 6.75. The topological polar surface area (TPSA) is 12.0 Å². The summed E-state index contributed by atoms with van der Waals surface area (Å²) in [6.07, 6.45) is 2.32. The van der Waals surface area contributed by atoms with Crippen molar-refractivity contribution in [1.29, 1.82) is 0 Å². The van der Waals surface area contributed by atoms with Crippen molar-refractivity contribution in [3.05, 3.63) is 63.7 Å². The molecule has 0 amide bonds.